The molecule has 0 radical (unpaired) electrons. The third-order valence-corrected chi connectivity index (χ3v) is 5.51. The van der Waals surface area contributed by atoms with Crippen molar-refractivity contribution in [3.05, 3.63) is 52.9 Å². The number of aromatic amines is 1. The fourth-order valence-electron chi connectivity index (χ4n) is 2.60. The van der Waals surface area contributed by atoms with Gasteiger partial charge in [0.15, 0.2) is 0 Å². The maximum atomic E-state index is 12.3. The Kier molecular flexibility index (Phi) is 4.77. The van der Waals surface area contributed by atoms with Gasteiger partial charge in [-0.1, -0.05) is 30.0 Å². The van der Waals surface area contributed by atoms with E-state index in [4.69, 9.17) is 4.42 Å². The van der Waals surface area contributed by atoms with E-state index in [0.717, 1.165) is 22.0 Å². The molecule has 0 aliphatic heterocycles. The van der Waals surface area contributed by atoms with Crippen molar-refractivity contribution in [3.63, 3.8) is 0 Å². The minimum Gasteiger partial charge on any atom is -0.411 e. The molecule has 3 aromatic heterocycles. The first-order valence-corrected chi connectivity index (χ1v) is 9.91. The molecule has 0 unspecified atom stereocenters. The van der Waals surface area contributed by atoms with Crippen molar-refractivity contribution in [3.8, 4) is 11.5 Å². The molecule has 4 aromatic rings. The van der Waals surface area contributed by atoms with Gasteiger partial charge in [-0.25, -0.2) is 0 Å². The number of thiophene rings is 1. The highest BCUT2D eigenvalue weighted by Crippen LogP contribution is 2.29. The van der Waals surface area contributed by atoms with E-state index in [1.54, 1.807) is 23.3 Å². The number of aromatic nitrogens is 3. The second-order valence-corrected chi connectivity index (χ2v) is 7.50. The van der Waals surface area contributed by atoms with E-state index in [1.165, 1.54) is 11.8 Å². The van der Waals surface area contributed by atoms with Gasteiger partial charge in [0, 0.05) is 30.7 Å². The van der Waals surface area contributed by atoms with Crippen LogP contribution in [0.4, 0.5) is 0 Å². The quantitative estimate of drug-likeness (QED) is 0.508. The molecule has 0 aliphatic rings. The maximum Gasteiger partial charge on any atom is 0.277 e. The molecule has 6 nitrogen and oxygen atoms in total. The normalized spacial score (nSPS) is 11.1. The van der Waals surface area contributed by atoms with E-state index in [0.29, 0.717) is 17.7 Å². The number of para-hydroxylation sites is 1. The SMILES string of the molecule is CN(Cc1ccsc1)C(=O)CSc1nnc(-c2c[nH]c3ccccc23)o1. The molecule has 0 atom stereocenters. The molecular formula is C18H16N4O2S2. The van der Waals surface area contributed by atoms with E-state index in [1.807, 2.05) is 47.3 Å². The summed E-state index contributed by atoms with van der Waals surface area (Å²) in [6.07, 6.45) is 1.85. The topological polar surface area (TPSA) is 75.0 Å². The largest absolute Gasteiger partial charge is 0.411 e. The lowest BCUT2D eigenvalue weighted by Gasteiger charge is -2.15. The number of thioether (sulfide) groups is 1. The Morgan fingerprint density at radius 1 is 1.31 bits per heavy atom. The highest BCUT2D eigenvalue weighted by Gasteiger charge is 2.16. The van der Waals surface area contributed by atoms with Crippen LogP contribution in [0.2, 0.25) is 0 Å². The lowest BCUT2D eigenvalue weighted by Crippen LogP contribution is -2.27. The first-order chi connectivity index (χ1) is 12.7. The average Bonchev–Trinajstić information content (AvgIpc) is 3.39. The van der Waals surface area contributed by atoms with Gasteiger partial charge in [-0.3, -0.25) is 4.79 Å². The molecular weight excluding hydrogens is 368 g/mol. The molecule has 4 rings (SSSR count). The number of fused-ring (bicyclic) bond motifs is 1. The fraction of sp³-hybridized carbons (Fsp3) is 0.167. The summed E-state index contributed by atoms with van der Waals surface area (Å²) in [5.74, 6) is 0.730. The number of amides is 1. The van der Waals surface area contributed by atoms with Gasteiger partial charge in [0.05, 0.1) is 11.3 Å². The first-order valence-electron chi connectivity index (χ1n) is 7.98. The third kappa shape index (κ3) is 3.51. The standard InChI is InChI=1S/C18H16N4O2S2/c1-22(9-12-6-7-25-10-12)16(23)11-26-18-21-20-17(24-18)14-8-19-15-5-3-2-4-13(14)15/h2-8,10,19H,9,11H2,1H3. The van der Waals surface area contributed by atoms with Crippen molar-refractivity contribution >= 4 is 39.9 Å². The molecule has 8 heteroatoms. The molecule has 0 saturated heterocycles. The Morgan fingerprint density at radius 3 is 3.04 bits per heavy atom. The average molecular weight is 384 g/mol. The Hall–Kier alpha value is -2.58. The number of nitrogens with zero attached hydrogens (tertiary/aromatic N) is 3. The minimum absolute atomic E-state index is 0.0213. The van der Waals surface area contributed by atoms with Crippen molar-refractivity contribution in [2.75, 3.05) is 12.8 Å². The predicted molar refractivity (Wildman–Crippen MR) is 103 cm³/mol. The summed E-state index contributed by atoms with van der Waals surface area (Å²) in [7, 11) is 1.80. The summed E-state index contributed by atoms with van der Waals surface area (Å²) in [6.45, 7) is 0.604. The van der Waals surface area contributed by atoms with Gasteiger partial charge in [-0.2, -0.15) is 11.3 Å². The van der Waals surface area contributed by atoms with Crippen LogP contribution < -0.4 is 0 Å². The van der Waals surface area contributed by atoms with E-state index < -0.39 is 0 Å². The number of hydrogen-bond acceptors (Lipinski definition) is 6. The number of H-pyrrole nitrogens is 1. The second kappa shape index (κ2) is 7.35. The van der Waals surface area contributed by atoms with Gasteiger partial charge in [-0.05, 0) is 28.5 Å². The number of benzene rings is 1. The molecule has 0 fully saturated rings. The van der Waals surface area contributed by atoms with Crippen LogP contribution >= 0.6 is 23.1 Å². The van der Waals surface area contributed by atoms with Crippen LogP contribution in [0.15, 0.2) is 56.9 Å². The fourth-order valence-corrected chi connectivity index (χ4v) is 3.97. The van der Waals surface area contributed by atoms with Crippen molar-refractivity contribution in [1.82, 2.24) is 20.1 Å². The molecule has 0 spiro atoms. The first kappa shape index (κ1) is 16.9. The Balaban J connectivity index is 1.40. The molecule has 132 valence electrons. The summed E-state index contributed by atoms with van der Waals surface area (Å²) in [4.78, 5) is 17.2. The van der Waals surface area contributed by atoms with E-state index >= 15 is 0 Å². The Bertz CT molecular complexity index is 1020. The third-order valence-electron chi connectivity index (χ3n) is 3.97. The van der Waals surface area contributed by atoms with Gasteiger partial charge in [0.1, 0.15) is 0 Å². The number of carbonyl (C=O) groups is 1. The summed E-state index contributed by atoms with van der Waals surface area (Å²) in [5.41, 5.74) is 3.01. The minimum atomic E-state index is 0.0213. The zero-order valence-electron chi connectivity index (χ0n) is 14.0. The van der Waals surface area contributed by atoms with Gasteiger partial charge < -0.3 is 14.3 Å². The van der Waals surface area contributed by atoms with Crippen LogP contribution in [0, 0.1) is 0 Å². The molecule has 1 amide bonds. The van der Waals surface area contributed by atoms with Gasteiger partial charge in [0.2, 0.25) is 5.91 Å². The van der Waals surface area contributed by atoms with E-state index in [-0.39, 0.29) is 11.7 Å². The Labute approximate surface area is 158 Å². The Morgan fingerprint density at radius 2 is 2.19 bits per heavy atom. The molecule has 3 heterocycles. The number of carbonyl (C=O) groups excluding carboxylic acids is 1. The second-order valence-electron chi connectivity index (χ2n) is 5.79. The van der Waals surface area contributed by atoms with Gasteiger partial charge in [-0.15, -0.1) is 10.2 Å². The van der Waals surface area contributed by atoms with E-state index in [9.17, 15) is 4.79 Å². The zero-order chi connectivity index (χ0) is 17.9. The van der Waals surface area contributed by atoms with Crippen molar-refractivity contribution < 1.29 is 9.21 Å². The zero-order valence-corrected chi connectivity index (χ0v) is 15.6. The summed E-state index contributed by atoms with van der Waals surface area (Å²) < 4.78 is 5.72. The molecule has 26 heavy (non-hydrogen) atoms. The lowest BCUT2D eigenvalue weighted by atomic mass is 10.2. The molecule has 0 bridgehead atoms. The van der Waals surface area contributed by atoms with Crippen LogP contribution in [-0.2, 0) is 11.3 Å². The van der Waals surface area contributed by atoms with Crippen molar-refractivity contribution in [2.45, 2.75) is 11.8 Å². The number of nitrogens with one attached hydrogen (secondary N) is 1. The van der Waals surface area contributed by atoms with Crippen molar-refractivity contribution in [1.29, 1.82) is 0 Å². The van der Waals surface area contributed by atoms with Crippen LogP contribution in [0.5, 0.6) is 0 Å². The smallest absolute Gasteiger partial charge is 0.277 e. The monoisotopic (exact) mass is 384 g/mol. The summed E-state index contributed by atoms with van der Waals surface area (Å²) >= 11 is 2.88. The van der Waals surface area contributed by atoms with Gasteiger partial charge in [0.25, 0.3) is 11.1 Å². The number of rotatable bonds is 6. The highest BCUT2D eigenvalue weighted by atomic mass is 32.2. The summed E-state index contributed by atoms with van der Waals surface area (Å²) in [6, 6.07) is 9.95. The predicted octanol–water partition coefficient (Wildman–Crippen LogP) is 4.03. The highest BCUT2D eigenvalue weighted by molar-refractivity contribution is 7.99. The number of hydrogen-bond donors (Lipinski definition) is 1. The van der Waals surface area contributed by atoms with Crippen LogP contribution in [0.3, 0.4) is 0 Å². The molecule has 1 aromatic carbocycles. The summed E-state index contributed by atoms with van der Waals surface area (Å²) in [5, 5.41) is 13.6. The maximum absolute atomic E-state index is 12.3. The van der Waals surface area contributed by atoms with Gasteiger partial charge >= 0.3 is 0 Å². The van der Waals surface area contributed by atoms with Crippen LogP contribution in [0.25, 0.3) is 22.4 Å². The van der Waals surface area contributed by atoms with Crippen molar-refractivity contribution in [2.24, 2.45) is 0 Å². The molecule has 0 aliphatic carbocycles. The van der Waals surface area contributed by atoms with Crippen LogP contribution in [0.1, 0.15) is 5.56 Å². The van der Waals surface area contributed by atoms with E-state index in [2.05, 4.69) is 15.2 Å². The molecule has 1 N–H and O–H groups in total. The lowest BCUT2D eigenvalue weighted by molar-refractivity contribution is -0.127. The van der Waals surface area contributed by atoms with Crippen LogP contribution in [-0.4, -0.2) is 38.8 Å². The molecule has 0 saturated carbocycles.